The fourth-order valence-corrected chi connectivity index (χ4v) is 3.11. The van der Waals surface area contributed by atoms with Crippen molar-refractivity contribution in [2.24, 2.45) is 0 Å². The number of amides is 1. The highest BCUT2D eigenvalue weighted by Crippen LogP contribution is 2.37. The van der Waals surface area contributed by atoms with Gasteiger partial charge in [-0.15, -0.1) is 0 Å². The normalized spacial score (nSPS) is 23.2. The van der Waals surface area contributed by atoms with Crippen molar-refractivity contribution in [2.45, 2.75) is 25.8 Å². The van der Waals surface area contributed by atoms with Gasteiger partial charge in [-0.25, -0.2) is 0 Å². The number of hydrogen-bond acceptors (Lipinski definition) is 3. The Kier molecular flexibility index (Phi) is 3.53. The molecule has 2 heterocycles. The van der Waals surface area contributed by atoms with Crippen molar-refractivity contribution >= 4 is 11.6 Å². The number of para-hydroxylation sites is 1. The second kappa shape index (κ2) is 5.31. The van der Waals surface area contributed by atoms with Crippen molar-refractivity contribution < 1.29 is 4.79 Å². The molecule has 0 saturated carbocycles. The van der Waals surface area contributed by atoms with E-state index < -0.39 is 0 Å². The lowest BCUT2D eigenvalue weighted by Crippen LogP contribution is -2.46. The van der Waals surface area contributed by atoms with Gasteiger partial charge in [0.15, 0.2) is 0 Å². The number of fused-ring (bicyclic) bond motifs is 1. The van der Waals surface area contributed by atoms with E-state index in [0.29, 0.717) is 0 Å². The van der Waals surface area contributed by atoms with Crippen molar-refractivity contribution in [2.75, 3.05) is 31.5 Å². The van der Waals surface area contributed by atoms with Gasteiger partial charge in [0.05, 0.1) is 0 Å². The molecule has 1 aromatic carbocycles. The Balaban J connectivity index is 1.93. The Morgan fingerprint density at radius 2 is 2.11 bits per heavy atom. The maximum Gasteiger partial charge on any atom is 0.246 e. The smallest absolute Gasteiger partial charge is 0.246 e. The van der Waals surface area contributed by atoms with E-state index in [9.17, 15) is 4.79 Å². The van der Waals surface area contributed by atoms with Crippen molar-refractivity contribution in [3.05, 3.63) is 29.3 Å². The second-order valence-electron chi connectivity index (χ2n) is 5.31. The molecule has 0 bridgehead atoms. The van der Waals surface area contributed by atoms with Gasteiger partial charge < -0.3 is 10.6 Å². The Morgan fingerprint density at radius 1 is 1.32 bits per heavy atom. The van der Waals surface area contributed by atoms with Crippen LogP contribution in [0.15, 0.2) is 18.2 Å². The molecule has 4 nitrogen and oxygen atoms in total. The molecule has 102 valence electrons. The summed E-state index contributed by atoms with van der Waals surface area (Å²) < 4.78 is 0. The molecule has 1 saturated heterocycles. The number of hydrogen-bond donors (Lipinski definition) is 2. The van der Waals surface area contributed by atoms with Crippen LogP contribution >= 0.6 is 0 Å². The fourth-order valence-electron chi connectivity index (χ4n) is 3.11. The molecule has 2 aliphatic heterocycles. The zero-order valence-electron chi connectivity index (χ0n) is 11.4. The minimum Gasteiger partial charge on any atom is -0.324 e. The van der Waals surface area contributed by atoms with Crippen molar-refractivity contribution in [3.8, 4) is 0 Å². The zero-order valence-corrected chi connectivity index (χ0v) is 11.4. The summed E-state index contributed by atoms with van der Waals surface area (Å²) in [7, 11) is 0. The first-order valence-electron chi connectivity index (χ1n) is 7.18. The summed E-state index contributed by atoms with van der Waals surface area (Å²) >= 11 is 0. The molecule has 0 radical (unpaired) electrons. The molecule has 2 N–H and O–H groups in total. The highest BCUT2D eigenvalue weighted by Gasteiger charge is 2.36. The van der Waals surface area contributed by atoms with Crippen LogP contribution in [-0.2, 0) is 11.2 Å². The summed E-state index contributed by atoms with van der Waals surface area (Å²) in [4.78, 5) is 14.6. The fraction of sp³-hybridized carbons (Fsp3) is 0.533. The average Bonchev–Trinajstić information content (AvgIpc) is 2.77. The number of carbonyl (C=O) groups excluding carboxylic acids is 1. The molecule has 0 aromatic heterocycles. The number of rotatable bonds is 3. The lowest BCUT2D eigenvalue weighted by atomic mass is 10.0. The minimum absolute atomic E-state index is 0.0890. The highest BCUT2D eigenvalue weighted by atomic mass is 16.2. The topological polar surface area (TPSA) is 44.4 Å². The Labute approximate surface area is 114 Å². The highest BCUT2D eigenvalue weighted by molar-refractivity contribution is 6.03. The van der Waals surface area contributed by atoms with Crippen molar-refractivity contribution in [1.29, 1.82) is 0 Å². The Bertz CT molecular complexity index is 480. The van der Waals surface area contributed by atoms with Crippen molar-refractivity contribution in [3.63, 3.8) is 0 Å². The van der Waals surface area contributed by atoms with Crippen LogP contribution in [0.5, 0.6) is 0 Å². The summed E-state index contributed by atoms with van der Waals surface area (Å²) in [5, 5.41) is 6.43. The second-order valence-corrected chi connectivity index (χ2v) is 5.31. The first kappa shape index (κ1) is 12.6. The first-order valence-corrected chi connectivity index (χ1v) is 7.18. The van der Waals surface area contributed by atoms with Gasteiger partial charge in [0, 0.05) is 37.4 Å². The third-order valence-corrected chi connectivity index (χ3v) is 4.01. The van der Waals surface area contributed by atoms with Crippen LogP contribution in [-0.4, -0.2) is 37.0 Å². The van der Waals surface area contributed by atoms with Crippen LogP contribution in [0.2, 0.25) is 0 Å². The van der Waals surface area contributed by atoms with Gasteiger partial charge >= 0.3 is 0 Å². The van der Waals surface area contributed by atoms with Crippen molar-refractivity contribution in [1.82, 2.24) is 10.2 Å². The van der Waals surface area contributed by atoms with E-state index in [-0.39, 0.29) is 11.9 Å². The predicted octanol–water partition coefficient (Wildman–Crippen LogP) is 1.54. The Hall–Kier alpha value is -1.39. The largest absolute Gasteiger partial charge is 0.324 e. The summed E-state index contributed by atoms with van der Waals surface area (Å²) in [6.07, 6.45) is 2.13. The van der Waals surface area contributed by atoms with E-state index >= 15 is 0 Å². The summed E-state index contributed by atoms with van der Waals surface area (Å²) in [5.41, 5.74) is 3.50. The standard InChI is InChI=1S/C15H21N3O/c1-2-4-11-5-3-6-12-13(11)17-15(19)14(12)18-9-7-16-8-10-18/h3,5-6,14,16H,2,4,7-10H2,1H3,(H,17,19). The molecule has 19 heavy (non-hydrogen) atoms. The molecule has 1 amide bonds. The molecule has 3 rings (SSSR count). The van der Waals surface area contributed by atoms with E-state index in [0.717, 1.165) is 50.3 Å². The number of aryl methyl sites for hydroxylation is 1. The SMILES string of the molecule is CCCc1cccc2c1NC(=O)C2N1CCNCC1. The van der Waals surface area contributed by atoms with Crippen LogP contribution in [0.1, 0.15) is 30.5 Å². The molecule has 1 atom stereocenters. The van der Waals surface area contributed by atoms with Gasteiger partial charge in [0.2, 0.25) is 5.91 Å². The van der Waals surface area contributed by atoms with Gasteiger partial charge in [-0.2, -0.15) is 0 Å². The van der Waals surface area contributed by atoms with E-state index in [2.05, 4.69) is 40.7 Å². The van der Waals surface area contributed by atoms with Gasteiger partial charge in [0.1, 0.15) is 6.04 Å². The molecule has 1 aromatic rings. The van der Waals surface area contributed by atoms with Crippen LogP contribution in [0.4, 0.5) is 5.69 Å². The number of benzene rings is 1. The number of piperazine rings is 1. The summed E-state index contributed by atoms with van der Waals surface area (Å²) in [6, 6.07) is 6.22. The molecule has 0 aliphatic carbocycles. The van der Waals surface area contributed by atoms with E-state index in [1.165, 1.54) is 5.56 Å². The minimum atomic E-state index is -0.0890. The predicted molar refractivity (Wildman–Crippen MR) is 76.3 cm³/mol. The number of nitrogens with one attached hydrogen (secondary N) is 2. The van der Waals surface area contributed by atoms with E-state index in [1.54, 1.807) is 0 Å². The number of carbonyl (C=O) groups is 1. The lowest BCUT2D eigenvalue weighted by molar-refractivity contribution is -0.121. The third-order valence-electron chi connectivity index (χ3n) is 4.01. The molecule has 1 unspecified atom stereocenters. The lowest BCUT2D eigenvalue weighted by Gasteiger charge is -2.31. The van der Waals surface area contributed by atoms with Crippen LogP contribution in [0, 0.1) is 0 Å². The number of nitrogens with zero attached hydrogens (tertiary/aromatic N) is 1. The molecule has 1 fully saturated rings. The third kappa shape index (κ3) is 2.26. The van der Waals surface area contributed by atoms with Gasteiger partial charge in [-0.3, -0.25) is 9.69 Å². The van der Waals surface area contributed by atoms with Gasteiger partial charge in [-0.1, -0.05) is 31.5 Å². The summed E-state index contributed by atoms with van der Waals surface area (Å²) in [5.74, 6) is 0.139. The van der Waals surface area contributed by atoms with Crippen LogP contribution < -0.4 is 10.6 Å². The first-order chi connectivity index (χ1) is 9.31. The molecule has 4 heteroatoms. The molecule has 2 aliphatic rings. The van der Waals surface area contributed by atoms with Gasteiger partial charge in [0.25, 0.3) is 0 Å². The molecular formula is C15H21N3O. The van der Waals surface area contributed by atoms with Gasteiger partial charge in [-0.05, 0) is 12.0 Å². The molecular weight excluding hydrogens is 238 g/mol. The monoisotopic (exact) mass is 259 g/mol. The summed E-state index contributed by atoms with van der Waals surface area (Å²) in [6.45, 7) is 5.98. The zero-order chi connectivity index (χ0) is 13.2. The number of anilines is 1. The van der Waals surface area contributed by atoms with Crippen LogP contribution in [0.3, 0.4) is 0 Å². The quantitative estimate of drug-likeness (QED) is 0.865. The Morgan fingerprint density at radius 3 is 2.84 bits per heavy atom. The average molecular weight is 259 g/mol. The molecule has 0 spiro atoms. The van der Waals surface area contributed by atoms with E-state index in [1.807, 2.05) is 0 Å². The maximum absolute atomic E-state index is 12.3. The van der Waals surface area contributed by atoms with Crippen LogP contribution in [0.25, 0.3) is 0 Å². The maximum atomic E-state index is 12.3. The van der Waals surface area contributed by atoms with E-state index in [4.69, 9.17) is 0 Å².